The number of furan rings is 1. The highest BCUT2D eigenvalue weighted by Gasteiger charge is 2.35. The fraction of sp³-hybridized carbons (Fsp3) is 0.714. The lowest BCUT2D eigenvalue weighted by Gasteiger charge is -2.31. The number of hydrogen-bond donors (Lipinski definition) is 1. The van der Waals surface area contributed by atoms with Crippen molar-refractivity contribution in [3.05, 3.63) is 23.2 Å². The topological polar surface area (TPSA) is 33.4 Å². The highest BCUT2D eigenvalue weighted by atomic mass is 16.3. The van der Waals surface area contributed by atoms with Gasteiger partial charge in [0.25, 0.3) is 0 Å². The van der Waals surface area contributed by atoms with E-state index in [1.165, 1.54) is 0 Å². The van der Waals surface area contributed by atoms with Crippen LogP contribution in [-0.2, 0) is 11.8 Å². The zero-order valence-corrected chi connectivity index (χ0v) is 10.9. The Kier molecular flexibility index (Phi) is 2.46. The molecule has 0 spiro atoms. The molecule has 0 saturated carbocycles. The summed E-state index contributed by atoms with van der Waals surface area (Å²) in [7, 11) is 0. The molecule has 1 aromatic rings. The van der Waals surface area contributed by atoms with Gasteiger partial charge in [0.05, 0.1) is 6.10 Å². The van der Waals surface area contributed by atoms with Gasteiger partial charge in [-0.25, -0.2) is 0 Å². The summed E-state index contributed by atoms with van der Waals surface area (Å²) in [6.07, 6.45) is 1.39. The van der Waals surface area contributed by atoms with Crippen molar-refractivity contribution in [2.45, 2.75) is 59.0 Å². The van der Waals surface area contributed by atoms with E-state index in [0.717, 1.165) is 29.9 Å². The maximum absolute atomic E-state index is 10.1. The first-order valence-corrected chi connectivity index (χ1v) is 6.00. The molecule has 16 heavy (non-hydrogen) atoms. The fourth-order valence-corrected chi connectivity index (χ4v) is 2.37. The molecule has 1 aromatic heterocycles. The van der Waals surface area contributed by atoms with Gasteiger partial charge in [-0.3, -0.25) is 0 Å². The third-order valence-electron chi connectivity index (χ3n) is 3.32. The smallest absolute Gasteiger partial charge is 0.110 e. The third-order valence-corrected chi connectivity index (χ3v) is 3.32. The number of hydrogen-bond acceptors (Lipinski definition) is 2. The molecule has 0 bridgehead atoms. The van der Waals surface area contributed by atoms with Crippen molar-refractivity contribution >= 4 is 0 Å². The molecule has 0 amide bonds. The molecule has 1 N–H and O–H groups in total. The second-order valence-corrected chi connectivity index (χ2v) is 6.80. The molecular formula is C14H22O2. The predicted molar refractivity (Wildman–Crippen MR) is 64.5 cm³/mol. The van der Waals surface area contributed by atoms with Crippen molar-refractivity contribution in [1.29, 1.82) is 0 Å². The van der Waals surface area contributed by atoms with Crippen molar-refractivity contribution in [2.75, 3.05) is 0 Å². The minimum Gasteiger partial charge on any atom is -0.465 e. The Balaban J connectivity index is 2.42. The maximum atomic E-state index is 10.1. The molecule has 2 nitrogen and oxygen atoms in total. The SMILES string of the molecule is CC1(C)Cc2oc(C(C)(C)C)cc2C(O)C1. The lowest BCUT2D eigenvalue weighted by atomic mass is 9.76. The first kappa shape index (κ1) is 11.7. The first-order chi connectivity index (χ1) is 7.19. The Bertz CT molecular complexity index is 393. The molecule has 0 aliphatic heterocycles. The van der Waals surface area contributed by atoms with E-state index in [0.29, 0.717) is 0 Å². The van der Waals surface area contributed by atoms with Gasteiger partial charge in [0, 0.05) is 17.4 Å². The van der Waals surface area contributed by atoms with E-state index in [9.17, 15) is 5.11 Å². The van der Waals surface area contributed by atoms with Gasteiger partial charge in [0.15, 0.2) is 0 Å². The van der Waals surface area contributed by atoms with Gasteiger partial charge < -0.3 is 9.52 Å². The Labute approximate surface area is 97.7 Å². The molecule has 0 radical (unpaired) electrons. The second kappa shape index (κ2) is 3.36. The molecular weight excluding hydrogens is 200 g/mol. The number of aliphatic hydroxyl groups is 1. The van der Waals surface area contributed by atoms with E-state index in [1.54, 1.807) is 0 Å². The molecule has 0 aromatic carbocycles. The van der Waals surface area contributed by atoms with Crippen molar-refractivity contribution in [3.8, 4) is 0 Å². The van der Waals surface area contributed by atoms with E-state index in [2.05, 4.69) is 34.6 Å². The van der Waals surface area contributed by atoms with Crippen molar-refractivity contribution in [2.24, 2.45) is 5.41 Å². The van der Waals surface area contributed by atoms with Crippen LogP contribution in [0.3, 0.4) is 0 Å². The van der Waals surface area contributed by atoms with Crippen LogP contribution >= 0.6 is 0 Å². The van der Waals surface area contributed by atoms with E-state index >= 15 is 0 Å². The molecule has 0 fully saturated rings. The van der Waals surface area contributed by atoms with E-state index in [-0.39, 0.29) is 16.9 Å². The minimum absolute atomic E-state index is 0.0151. The Morgan fingerprint density at radius 3 is 2.56 bits per heavy atom. The molecule has 1 aliphatic carbocycles. The normalized spacial score (nSPS) is 24.2. The molecule has 0 saturated heterocycles. The molecule has 2 rings (SSSR count). The summed E-state index contributed by atoms with van der Waals surface area (Å²) in [6.45, 7) is 10.8. The van der Waals surface area contributed by atoms with Crippen molar-refractivity contribution in [3.63, 3.8) is 0 Å². The number of aliphatic hydroxyl groups excluding tert-OH is 1. The Morgan fingerprint density at radius 2 is 2.00 bits per heavy atom. The third kappa shape index (κ3) is 2.03. The minimum atomic E-state index is -0.362. The maximum Gasteiger partial charge on any atom is 0.110 e. The largest absolute Gasteiger partial charge is 0.465 e. The van der Waals surface area contributed by atoms with Gasteiger partial charge in [0.1, 0.15) is 11.5 Å². The predicted octanol–water partition coefficient (Wildman–Crippen LogP) is 3.58. The van der Waals surface area contributed by atoms with Gasteiger partial charge in [0.2, 0.25) is 0 Å². The fourth-order valence-electron chi connectivity index (χ4n) is 2.37. The summed E-state index contributed by atoms with van der Waals surface area (Å²) in [5, 5.41) is 10.1. The zero-order valence-electron chi connectivity index (χ0n) is 10.9. The summed E-state index contributed by atoms with van der Waals surface area (Å²) >= 11 is 0. The quantitative estimate of drug-likeness (QED) is 0.727. The summed E-state index contributed by atoms with van der Waals surface area (Å²) in [5.41, 5.74) is 1.16. The number of rotatable bonds is 0. The van der Waals surface area contributed by atoms with Crippen LogP contribution in [0.25, 0.3) is 0 Å². The summed E-state index contributed by atoms with van der Waals surface area (Å²) < 4.78 is 5.92. The summed E-state index contributed by atoms with van der Waals surface area (Å²) in [5.74, 6) is 1.96. The van der Waals surface area contributed by atoms with Gasteiger partial charge in [-0.1, -0.05) is 34.6 Å². The van der Waals surface area contributed by atoms with Crippen LogP contribution in [0.4, 0.5) is 0 Å². The Morgan fingerprint density at radius 1 is 1.38 bits per heavy atom. The lowest BCUT2D eigenvalue weighted by Crippen LogP contribution is -2.24. The monoisotopic (exact) mass is 222 g/mol. The molecule has 90 valence electrons. The van der Waals surface area contributed by atoms with Gasteiger partial charge in [-0.15, -0.1) is 0 Å². The van der Waals surface area contributed by atoms with Gasteiger partial charge in [-0.2, -0.15) is 0 Å². The average molecular weight is 222 g/mol. The Hall–Kier alpha value is -0.760. The summed E-state index contributed by atoms with van der Waals surface area (Å²) in [4.78, 5) is 0. The first-order valence-electron chi connectivity index (χ1n) is 6.00. The average Bonchev–Trinajstić information content (AvgIpc) is 2.44. The highest BCUT2D eigenvalue weighted by molar-refractivity contribution is 5.30. The van der Waals surface area contributed by atoms with Gasteiger partial charge >= 0.3 is 0 Å². The number of fused-ring (bicyclic) bond motifs is 1. The molecule has 1 unspecified atom stereocenters. The van der Waals surface area contributed by atoms with Crippen LogP contribution in [0, 0.1) is 5.41 Å². The van der Waals surface area contributed by atoms with Crippen LogP contribution in [0.15, 0.2) is 10.5 Å². The second-order valence-electron chi connectivity index (χ2n) is 6.80. The molecule has 2 heteroatoms. The molecule has 1 heterocycles. The lowest BCUT2D eigenvalue weighted by molar-refractivity contribution is 0.0928. The van der Waals surface area contributed by atoms with Crippen LogP contribution in [0.2, 0.25) is 0 Å². The zero-order chi connectivity index (χ0) is 12.1. The van der Waals surface area contributed by atoms with Crippen molar-refractivity contribution < 1.29 is 9.52 Å². The van der Waals surface area contributed by atoms with E-state index in [4.69, 9.17) is 4.42 Å². The van der Waals surface area contributed by atoms with Crippen molar-refractivity contribution in [1.82, 2.24) is 0 Å². The van der Waals surface area contributed by atoms with Gasteiger partial charge in [-0.05, 0) is 17.9 Å². The highest BCUT2D eigenvalue weighted by Crippen LogP contribution is 2.43. The molecule has 1 aliphatic rings. The summed E-state index contributed by atoms with van der Waals surface area (Å²) in [6, 6.07) is 2.04. The van der Waals surface area contributed by atoms with E-state index in [1.807, 2.05) is 6.07 Å². The van der Waals surface area contributed by atoms with Crippen LogP contribution in [0.5, 0.6) is 0 Å². The van der Waals surface area contributed by atoms with E-state index < -0.39 is 0 Å². The van der Waals surface area contributed by atoms with Crippen LogP contribution < -0.4 is 0 Å². The standard InChI is InChI=1S/C14H22O2/c1-13(2,3)12-6-9-10(15)7-14(4,5)8-11(9)16-12/h6,10,15H,7-8H2,1-5H3. The molecule has 1 atom stereocenters. The van der Waals surface area contributed by atoms with Crippen LogP contribution in [-0.4, -0.2) is 5.11 Å². The van der Waals surface area contributed by atoms with Crippen LogP contribution in [0.1, 0.15) is 64.2 Å².